The number of hydrogen-bond acceptors (Lipinski definition) is 6. The molecule has 1 N–H and O–H groups in total. The Bertz CT molecular complexity index is 1350. The number of benzene rings is 1. The van der Waals surface area contributed by atoms with Crippen molar-refractivity contribution in [2.24, 2.45) is 7.05 Å². The van der Waals surface area contributed by atoms with Gasteiger partial charge in [0.15, 0.2) is 12.0 Å². The molecule has 0 radical (unpaired) electrons. The van der Waals surface area contributed by atoms with Crippen molar-refractivity contribution in [3.05, 3.63) is 71.1 Å². The maximum atomic E-state index is 15.6. The monoisotopic (exact) mass is 536 g/mol. The fraction of sp³-hybridized carbons (Fsp3) is 0.440. The minimum atomic E-state index is -4.78. The highest BCUT2D eigenvalue weighted by Crippen LogP contribution is 2.45. The topological polar surface area (TPSA) is 85.2 Å². The third kappa shape index (κ3) is 4.99. The highest BCUT2D eigenvalue weighted by Gasteiger charge is 2.50. The summed E-state index contributed by atoms with van der Waals surface area (Å²) in [6.07, 6.45) is -4.93. The van der Waals surface area contributed by atoms with E-state index in [2.05, 4.69) is 20.5 Å². The molecule has 2 aliphatic rings. The molecule has 3 aromatic rings. The van der Waals surface area contributed by atoms with Crippen molar-refractivity contribution >= 4 is 11.6 Å². The summed E-state index contributed by atoms with van der Waals surface area (Å²) in [6.45, 7) is 1.78. The van der Waals surface area contributed by atoms with Crippen LogP contribution in [0.25, 0.3) is 0 Å². The quantitative estimate of drug-likeness (QED) is 0.460. The van der Waals surface area contributed by atoms with Gasteiger partial charge >= 0.3 is 6.18 Å². The van der Waals surface area contributed by atoms with Crippen molar-refractivity contribution in [3.8, 4) is 0 Å². The van der Waals surface area contributed by atoms with Crippen LogP contribution in [0.1, 0.15) is 46.2 Å². The van der Waals surface area contributed by atoms with Crippen molar-refractivity contribution in [1.82, 2.24) is 24.6 Å². The van der Waals surface area contributed by atoms with E-state index >= 15 is 4.39 Å². The number of nitrogens with zero attached hydrogens (tertiary/aromatic N) is 5. The molecule has 1 atom stereocenters. The number of carbonyl (C=O) groups is 1. The molecule has 13 heteroatoms. The maximum absolute atomic E-state index is 15.6. The summed E-state index contributed by atoms with van der Waals surface area (Å²) in [4.78, 5) is 18.2. The molecule has 2 aliphatic heterocycles. The number of pyridine rings is 1. The molecule has 0 unspecified atom stereocenters. The largest absolute Gasteiger partial charge is 0.433 e. The van der Waals surface area contributed by atoms with Crippen LogP contribution in [0.4, 0.5) is 27.6 Å². The summed E-state index contributed by atoms with van der Waals surface area (Å²) in [6, 6.07) is 8.51. The van der Waals surface area contributed by atoms with E-state index in [9.17, 15) is 22.4 Å². The summed E-state index contributed by atoms with van der Waals surface area (Å²) in [5.74, 6) is -0.740. The van der Waals surface area contributed by atoms with Gasteiger partial charge in [-0.05, 0) is 42.3 Å². The molecule has 4 heterocycles. The molecule has 0 bridgehead atoms. The Hall–Kier alpha value is -3.45. The van der Waals surface area contributed by atoms with Gasteiger partial charge in [-0.25, -0.2) is 13.8 Å². The van der Waals surface area contributed by atoms with Gasteiger partial charge in [0.1, 0.15) is 23.4 Å². The molecule has 0 aliphatic carbocycles. The van der Waals surface area contributed by atoms with Crippen LogP contribution in [0, 0.1) is 0 Å². The number of amides is 1. The predicted molar refractivity (Wildman–Crippen MR) is 126 cm³/mol. The molecule has 5 rings (SSSR count). The van der Waals surface area contributed by atoms with Gasteiger partial charge in [0.05, 0.1) is 18.6 Å². The Morgan fingerprint density at radius 2 is 1.95 bits per heavy atom. The lowest BCUT2D eigenvalue weighted by atomic mass is 9.74. The molecule has 0 spiro atoms. The molecule has 1 amide bonds. The second-order valence-corrected chi connectivity index (χ2v) is 10.1. The van der Waals surface area contributed by atoms with Crippen LogP contribution in [0.15, 0.2) is 42.7 Å². The second-order valence-electron chi connectivity index (χ2n) is 10.1. The number of halogens is 5. The van der Waals surface area contributed by atoms with Gasteiger partial charge in [-0.1, -0.05) is 12.1 Å². The van der Waals surface area contributed by atoms with Crippen molar-refractivity contribution < 1.29 is 31.5 Å². The number of ether oxygens (including phenoxy) is 1. The SMILES string of the molecule is Cn1cnnc1[C@@H](F)C1(c2cccc(NC(=O)c3cc(CN4CC(C)(F)C4)cc(C(F)(F)F)n3)c2)COC1. The Balaban J connectivity index is 1.38. The zero-order valence-electron chi connectivity index (χ0n) is 20.6. The lowest BCUT2D eigenvalue weighted by Crippen LogP contribution is -2.56. The number of carbonyl (C=O) groups excluding carboxylic acids is 1. The summed E-state index contributed by atoms with van der Waals surface area (Å²) < 4.78 is 76.8. The average Bonchev–Trinajstić information content (AvgIpc) is 3.22. The van der Waals surface area contributed by atoms with Crippen LogP contribution in [0.3, 0.4) is 0 Å². The van der Waals surface area contributed by atoms with E-state index in [1.54, 1.807) is 36.2 Å². The standard InChI is InChI=1S/C25H25F5N6O2/c1-23(27)10-36(11-23)9-15-6-18(33-19(7-15)25(28,29)30)22(37)32-17-5-3-4-16(8-17)24(12-38-13-24)20(26)21-34-31-14-35(21)2/h3-8,14,20H,9-13H2,1-2H3,(H,32,37)/t20-/m1/s1. The molecule has 8 nitrogen and oxygen atoms in total. The highest BCUT2D eigenvalue weighted by molar-refractivity contribution is 6.03. The second kappa shape index (κ2) is 9.38. The van der Waals surface area contributed by atoms with Crippen molar-refractivity contribution in [1.29, 1.82) is 0 Å². The number of anilines is 1. The predicted octanol–water partition coefficient (Wildman–Crippen LogP) is 4.00. The summed E-state index contributed by atoms with van der Waals surface area (Å²) in [5.41, 5.74) is -3.14. The number of hydrogen-bond donors (Lipinski definition) is 1. The van der Waals surface area contributed by atoms with E-state index in [-0.39, 0.29) is 49.9 Å². The zero-order valence-corrected chi connectivity index (χ0v) is 20.6. The number of alkyl halides is 5. The molecule has 2 saturated heterocycles. The van der Waals surface area contributed by atoms with Gasteiger partial charge in [0, 0.05) is 32.4 Å². The van der Waals surface area contributed by atoms with Crippen LogP contribution >= 0.6 is 0 Å². The van der Waals surface area contributed by atoms with Gasteiger partial charge < -0.3 is 14.6 Å². The van der Waals surface area contributed by atoms with Gasteiger partial charge in [0.2, 0.25) is 0 Å². The van der Waals surface area contributed by atoms with Gasteiger partial charge in [-0.3, -0.25) is 9.69 Å². The lowest BCUT2D eigenvalue weighted by molar-refractivity contribution is -0.141. The minimum absolute atomic E-state index is 0.0450. The number of aromatic nitrogens is 4. The van der Waals surface area contributed by atoms with E-state index in [1.807, 2.05) is 0 Å². The fourth-order valence-corrected chi connectivity index (χ4v) is 4.85. The molecule has 2 fully saturated rings. The summed E-state index contributed by atoms with van der Waals surface area (Å²) in [7, 11) is 1.63. The van der Waals surface area contributed by atoms with Crippen LogP contribution in [-0.4, -0.2) is 62.5 Å². The third-order valence-corrected chi connectivity index (χ3v) is 6.79. The molecule has 1 aromatic carbocycles. The van der Waals surface area contributed by atoms with E-state index < -0.39 is 40.7 Å². The average molecular weight is 537 g/mol. The molecule has 0 saturated carbocycles. The van der Waals surface area contributed by atoms with Crippen LogP contribution in [0.2, 0.25) is 0 Å². The third-order valence-electron chi connectivity index (χ3n) is 6.79. The normalized spacial score (nSPS) is 19.3. The van der Waals surface area contributed by atoms with Crippen LogP contribution in [0.5, 0.6) is 0 Å². The van der Waals surface area contributed by atoms with Crippen molar-refractivity contribution in [2.75, 3.05) is 31.6 Å². The number of nitrogens with one attached hydrogen (secondary N) is 1. The summed E-state index contributed by atoms with van der Waals surface area (Å²) >= 11 is 0. The Morgan fingerprint density at radius 3 is 2.53 bits per heavy atom. The van der Waals surface area contributed by atoms with E-state index in [0.717, 1.165) is 6.07 Å². The van der Waals surface area contributed by atoms with Crippen LogP contribution < -0.4 is 5.32 Å². The highest BCUT2D eigenvalue weighted by atomic mass is 19.4. The first-order valence-electron chi connectivity index (χ1n) is 11.8. The molecule has 38 heavy (non-hydrogen) atoms. The van der Waals surface area contributed by atoms with Gasteiger partial charge in [-0.2, -0.15) is 13.2 Å². The number of likely N-dealkylation sites (tertiary alicyclic amines) is 1. The molecule has 202 valence electrons. The molecule has 2 aromatic heterocycles. The Kier molecular flexibility index (Phi) is 6.46. The number of aryl methyl sites for hydroxylation is 1. The molecular weight excluding hydrogens is 511 g/mol. The maximum Gasteiger partial charge on any atom is 0.433 e. The molecular formula is C25H25F5N6O2. The number of rotatable bonds is 7. The first kappa shape index (κ1) is 26.2. The minimum Gasteiger partial charge on any atom is -0.379 e. The van der Waals surface area contributed by atoms with Crippen LogP contribution in [-0.2, 0) is 29.9 Å². The lowest BCUT2D eigenvalue weighted by Gasteiger charge is -2.43. The smallest absolute Gasteiger partial charge is 0.379 e. The fourth-order valence-electron chi connectivity index (χ4n) is 4.85. The van der Waals surface area contributed by atoms with Crippen molar-refractivity contribution in [3.63, 3.8) is 0 Å². The van der Waals surface area contributed by atoms with Gasteiger partial charge in [-0.15, -0.1) is 10.2 Å². The van der Waals surface area contributed by atoms with E-state index in [1.165, 1.54) is 23.9 Å². The Morgan fingerprint density at radius 1 is 1.21 bits per heavy atom. The van der Waals surface area contributed by atoms with E-state index in [0.29, 0.717) is 5.56 Å². The summed E-state index contributed by atoms with van der Waals surface area (Å²) in [5, 5.41) is 10.2. The zero-order chi connectivity index (χ0) is 27.3. The van der Waals surface area contributed by atoms with E-state index in [4.69, 9.17) is 4.74 Å². The van der Waals surface area contributed by atoms with Crippen molar-refractivity contribution in [2.45, 2.75) is 36.9 Å². The first-order valence-corrected chi connectivity index (χ1v) is 11.8. The first-order chi connectivity index (χ1) is 17.9. The Labute approximate surface area is 214 Å². The van der Waals surface area contributed by atoms with Gasteiger partial charge in [0.25, 0.3) is 5.91 Å².